The third kappa shape index (κ3) is 5.08. The van der Waals surface area contributed by atoms with Gasteiger partial charge in [-0.1, -0.05) is 12.1 Å². The SMILES string of the molecule is CN(C)c1nc(OCCn2nc3ccc(-c4ccc(OC(F)(F)F)cc4)cn3c2=O)ncc1F. The van der Waals surface area contributed by atoms with Crippen molar-refractivity contribution in [3.8, 4) is 22.9 Å². The van der Waals surface area contributed by atoms with Crippen LogP contribution in [0.2, 0.25) is 0 Å². The number of hydrogen-bond acceptors (Lipinski definition) is 7. The molecule has 4 aromatic rings. The van der Waals surface area contributed by atoms with E-state index in [0.29, 0.717) is 16.8 Å². The van der Waals surface area contributed by atoms with Crippen LogP contribution in [0.4, 0.5) is 23.4 Å². The summed E-state index contributed by atoms with van der Waals surface area (Å²) in [7, 11) is 3.26. The van der Waals surface area contributed by atoms with Gasteiger partial charge in [-0.15, -0.1) is 18.3 Å². The van der Waals surface area contributed by atoms with E-state index in [1.165, 1.54) is 44.4 Å². The van der Waals surface area contributed by atoms with Gasteiger partial charge >= 0.3 is 18.1 Å². The molecule has 0 aliphatic rings. The first-order valence-corrected chi connectivity index (χ1v) is 9.89. The lowest BCUT2D eigenvalue weighted by atomic mass is 10.1. The third-order valence-electron chi connectivity index (χ3n) is 4.66. The van der Waals surface area contributed by atoms with E-state index in [-0.39, 0.29) is 30.7 Å². The highest BCUT2D eigenvalue weighted by atomic mass is 19.4. The highest BCUT2D eigenvalue weighted by molar-refractivity contribution is 5.65. The number of ether oxygens (including phenoxy) is 2. The van der Waals surface area contributed by atoms with Gasteiger partial charge in [0.2, 0.25) is 0 Å². The molecule has 0 saturated carbocycles. The Kier molecular flexibility index (Phi) is 6.09. The van der Waals surface area contributed by atoms with Crippen LogP contribution in [-0.2, 0) is 6.54 Å². The molecule has 0 spiro atoms. The summed E-state index contributed by atoms with van der Waals surface area (Å²) in [6.07, 6.45) is -2.24. The number of aromatic nitrogens is 5. The zero-order valence-electron chi connectivity index (χ0n) is 18.0. The summed E-state index contributed by atoms with van der Waals surface area (Å²) in [5, 5.41) is 4.23. The molecule has 0 unspecified atom stereocenters. The zero-order chi connectivity index (χ0) is 24.5. The van der Waals surface area contributed by atoms with E-state index in [2.05, 4.69) is 19.8 Å². The molecule has 0 saturated heterocycles. The lowest BCUT2D eigenvalue weighted by molar-refractivity contribution is -0.274. The van der Waals surface area contributed by atoms with Crippen molar-refractivity contribution in [1.82, 2.24) is 24.1 Å². The van der Waals surface area contributed by atoms with E-state index >= 15 is 0 Å². The van der Waals surface area contributed by atoms with Crippen molar-refractivity contribution < 1.29 is 27.0 Å². The van der Waals surface area contributed by atoms with Crippen molar-refractivity contribution in [2.24, 2.45) is 0 Å². The fourth-order valence-corrected chi connectivity index (χ4v) is 3.13. The standard InChI is InChI=1S/C21H18F4N6O3/c1-29(2)18-16(22)11-26-19(27-18)33-10-9-31-20(32)30-12-14(5-8-17(30)28-31)13-3-6-15(7-4-13)34-21(23,24)25/h3-8,11-12H,9-10H2,1-2H3. The van der Waals surface area contributed by atoms with Crippen molar-refractivity contribution in [3.63, 3.8) is 0 Å². The van der Waals surface area contributed by atoms with Crippen LogP contribution in [0.5, 0.6) is 11.8 Å². The van der Waals surface area contributed by atoms with Crippen molar-refractivity contribution in [2.75, 3.05) is 25.6 Å². The molecule has 0 bridgehead atoms. The number of halogens is 4. The Bertz CT molecular complexity index is 1370. The molecule has 0 aliphatic carbocycles. The quantitative estimate of drug-likeness (QED) is 0.377. The van der Waals surface area contributed by atoms with E-state index in [1.807, 2.05) is 0 Å². The summed E-state index contributed by atoms with van der Waals surface area (Å²) in [5.41, 5.74) is 1.12. The third-order valence-corrected chi connectivity index (χ3v) is 4.66. The highest BCUT2D eigenvalue weighted by Gasteiger charge is 2.31. The molecule has 0 fully saturated rings. The second-order valence-corrected chi connectivity index (χ2v) is 7.29. The minimum absolute atomic E-state index is 0.00974. The van der Waals surface area contributed by atoms with Crippen LogP contribution in [0.1, 0.15) is 0 Å². The molecule has 3 heterocycles. The predicted octanol–water partition coefficient (Wildman–Crippen LogP) is 3.14. The minimum atomic E-state index is -4.77. The largest absolute Gasteiger partial charge is 0.573 e. The summed E-state index contributed by atoms with van der Waals surface area (Å²) in [4.78, 5) is 21.9. The number of rotatable bonds is 7. The number of alkyl halides is 3. The van der Waals surface area contributed by atoms with E-state index in [9.17, 15) is 22.4 Å². The number of hydrogen-bond donors (Lipinski definition) is 0. The lowest BCUT2D eigenvalue weighted by Gasteiger charge is -2.12. The van der Waals surface area contributed by atoms with Crippen molar-refractivity contribution in [1.29, 1.82) is 0 Å². The Morgan fingerprint density at radius 2 is 1.76 bits per heavy atom. The maximum atomic E-state index is 13.7. The van der Waals surface area contributed by atoms with Crippen LogP contribution in [0.3, 0.4) is 0 Å². The average molecular weight is 478 g/mol. The fourth-order valence-electron chi connectivity index (χ4n) is 3.13. The Hall–Kier alpha value is -4.16. The average Bonchev–Trinajstić information content (AvgIpc) is 3.09. The topological polar surface area (TPSA) is 86.8 Å². The minimum Gasteiger partial charge on any atom is -0.461 e. The monoisotopic (exact) mass is 478 g/mol. The van der Waals surface area contributed by atoms with Crippen LogP contribution >= 0.6 is 0 Å². The molecule has 0 amide bonds. The summed E-state index contributed by atoms with van der Waals surface area (Å²) in [6, 6.07) is 8.55. The fraction of sp³-hybridized carbons (Fsp3) is 0.238. The smallest absolute Gasteiger partial charge is 0.461 e. The summed E-state index contributed by atoms with van der Waals surface area (Å²) in [6.45, 7) is 0.0904. The van der Waals surface area contributed by atoms with Gasteiger partial charge < -0.3 is 14.4 Å². The summed E-state index contributed by atoms with van der Waals surface area (Å²) in [5.74, 6) is -0.863. The molecule has 9 nitrogen and oxygen atoms in total. The highest BCUT2D eigenvalue weighted by Crippen LogP contribution is 2.26. The van der Waals surface area contributed by atoms with Gasteiger partial charge in [-0.2, -0.15) is 4.98 Å². The number of benzene rings is 1. The lowest BCUT2D eigenvalue weighted by Crippen LogP contribution is -2.24. The van der Waals surface area contributed by atoms with Crippen molar-refractivity contribution in [3.05, 3.63) is 65.1 Å². The molecular formula is C21H18F4N6O3. The molecule has 178 valence electrons. The van der Waals surface area contributed by atoms with Gasteiger partial charge in [0.05, 0.1) is 12.7 Å². The number of fused-ring (bicyclic) bond motifs is 1. The molecule has 0 aliphatic heterocycles. The Labute approximate surface area is 189 Å². The van der Waals surface area contributed by atoms with Crippen LogP contribution in [0, 0.1) is 5.82 Å². The molecule has 3 aromatic heterocycles. The molecule has 1 aromatic carbocycles. The Balaban J connectivity index is 1.48. The molecule has 0 N–H and O–H groups in total. The maximum absolute atomic E-state index is 13.7. The van der Waals surface area contributed by atoms with Gasteiger partial charge in [-0.25, -0.2) is 23.3 Å². The molecule has 13 heteroatoms. The first kappa shape index (κ1) is 23.0. The number of nitrogens with zero attached hydrogens (tertiary/aromatic N) is 6. The van der Waals surface area contributed by atoms with Crippen LogP contribution in [-0.4, -0.2) is 51.2 Å². The van der Waals surface area contributed by atoms with Gasteiger partial charge in [0.25, 0.3) is 0 Å². The van der Waals surface area contributed by atoms with E-state index < -0.39 is 17.9 Å². The van der Waals surface area contributed by atoms with Crippen LogP contribution < -0.4 is 20.1 Å². The molecule has 0 radical (unpaired) electrons. The van der Waals surface area contributed by atoms with Gasteiger partial charge in [-0.05, 0) is 35.4 Å². The van der Waals surface area contributed by atoms with E-state index in [0.717, 1.165) is 6.20 Å². The van der Waals surface area contributed by atoms with Gasteiger partial charge in [-0.3, -0.25) is 0 Å². The van der Waals surface area contributed by atoms with E-state index in [4.69, 9.17) is 4.74 Å². The summed E-state index contributed by atoms with van der Waals surface area (Å²) >= 11 is 0. The zero-order valence-corrected chi connectivity index (χ0v) is 18.0. The van der Waals surface area contributed by atoms with Gasteiger partial charge in [0.1, 0.15) is 12.4 Å². The second kappa shape index (κ2) is 9.00. The van der Waals surface area contributed by atoms with Crippen LogP contribution in [0.25, 0.3) is 16.8 Å². The summed E-state index contributed by atoms with van der Waals surface area (Å²) < 4.78 is 62.5. The molecular weight excluding hydrogens is 460 g/mol. The second-order valence-electron chi connectivity index (χ2n) is 7.29. The first-order chi connectivity index (χ1) is 16.1. The van der Waals surface area contributed by atoms with Crippen molar-refractivity contribution in [2.45, 2.75) is 12.9 Å². The Morgan fingerprint density at radius 3 is 2.44 bits per heavy atom. The van der Waals surface area contributed by atoms with Crippen LogP contribution in [0.15, 0.2) is 53.6 Å². The number of pyridine rings is 1. The maximum Gasteiger partial charge on any atom is 0.573 e. The first-order valence-electron chi connectivity index (χ1n) is 9.89. The van der Waals surface area contributed by atoms with Gasteiger partial charge in [0.15, 0.2) is 17.3 Å². The molecule has 4 rings (SSSR count). The Morgan fingerprint density at radius 1 is 1.06 bits per heavy atom. The number of anilines is 1. The van der Waals surface area contributed by atoms with E-state index in [1.54, 1.807) is 26.2 Å². The van der Waals surface area contributed by atoms with Gasteiger partial charge in [0, 0.05) is 20.3 Å². The molecule has 34 heavy (non-hydrogen) atoms. The van der Waals surface area contributed by atoms with Crippen molar-refractivity contribution >= 4 is 11.5 Å². The predicted molar refractivity (Wildman–Crippen MR) is 113 cm³/mol. The molecule has 0 atom stereocenters. The normalized spacial score (nSPS) is 11.6.